The predicted molar refractivity (Wildman–Crippen MR) is 127 cm³/mol. The van der Waals surface area contributed by atoms with Gasteiger partial charge in [0, 0.05) is 56.7 Å². The van der Waals surface area contributed by atoms with Gasteiger partial charge in [0.1, 0.15) is 6.61 Å². The van der Waals surface area contributed by atoms with E-state index in [1.807, 2.05) is 24.3 Å². The highest BCUT2D eigenvalue weighted by Gasteiger charge is 2.15. The number of nitrogens with zero attached hydrogens (tertiary/aromatic N) is 3. The first-order chi connectivity index (χ1) is 15.8. The van der Waals surface area contributed by atoms with Gasteiger partial charge in [0.2, 0.25) is 5.88 Å². The van der Waals surface area contributed by atoms with E-state index in [9.17, 15) is 0 Å². The molecule has 2 aromatic rings. The van der Waals surface area contributed by atoms with Crippen molar-refractivity contribution in [3.05, 3.63) is 47.5 Å². The lowest BCUT2D eigenvalue weighted by Gasteiger charge is -2.29. The van der Waals surface area contributed by atoms with E-state index in [4.69, 9.17) is 14.2 Å². The van der Waals surface area contributed by atoms with Crippen LogP contribution in [0.3, 0.4) is 0 Å². The van der Waals surface area contributed by atoms with Crippen molar-refractivity contribution in [2.45, 2.75) is 25.8 Å². The van der Waals surface area contributed by atoms with Gasteiger partial charge in [-0.25, -0.2) is 0 Å². The second-order valence-electron chi connectivity index (χ2n) is 8.12. The number of morpholine rings is 1. The van der Waals surface area contributed by atoms with Crippen molar-refractivity contribution >= 4 is 17.7 Å². The molecule has 2 N–H and O–H groups in total. The van der Waals surface area contributed by atoms with E-state index in [1.165, 1.54) is 5.56 Å². The number of hydrogen-bond donors (Lipinski definition) is 2. The summed E-state index contributed by atoms with van der Waals surface area (Å²) < 4.78 is 16.9. The summed E-state index contributed by atoms with van der Waals surface area (Å²) >= 11 is 0. The van der Waals surface area contributed by atoms with Crippen molar-refractivity contribution in [3.8, 4) is 5.88 Å². The second kappa shape index (κ2) is 11.8. The first kappa shape index (κ1) is 22.5. The largest absolute Gasteiger partial charge is 0.476 e. The molecule has 1 aromatic carbocycles. The molecule has 8 nitrogen and oxygen atoms in total. The first-order valence-corrected chi connectivity index (χ1v) is 11.4. The summed E-state index contributed by atoms with van der Waals surface area (Å²) in [5.74, 6) is 1.25. The molecule has 2 aliphatic heterocycles. The molecule has 4 rings (SSSR count). The normalized spacial score (nSPS) is 17.6. The first-order valence-electron chi connectivity index (χ1n) is 11.4. The Balaban J connectivity index is 1.39. The van der Waals surface area contributed by atoms with E-state index in [-0.39, 0.29) is 0 Å². The Hall–Kier alpha value is -2.68. The molecule has 0 amide bonds. The van der Waals surface area contributed by atoms with Gasteiger partial charge >= 0.3 is 0 Å². The molecule has 2 fully saturated rings. The Morgan fingerprint density at radius 1 is 1.12 bits per heavy atom. The molecule has 3 heterocycles. The van der Waals surface area contributed by atoms with Crippen molar-refractivity contribution in [3.63, 3.8) is 0 Å². The Kier molecular flexibility index (Phi) is 8.30. The lowest BCUT2D eigenvalue weighted by molar-refractivity contribution is 0.0770. The fourth-order valence-electron chi connectivity index (χ4n) is 3.87. The van der Waals surface area contributed by atoms with Crippen LogP contribution in [-0.2, 0) is 9.47 Å². The molecule has 0 atom stereocenters. The fraction of sp³-hybridized carbons (Fsp3) is 0.500. The van der Waals surface area contributed by atoms with Gasteiger partial charge < -0.3 is 24.4 Å². The lowest BCUT2D eigenvalue weighted by atomic mass is 10.1. The molecule has 0 saturated carbocycles. The molecule has 172 valence electrons. The van der Waals surface area contributed by atoms with Crippen LogP contribution in [0.2, 0.25) is 0 Å². The van der Waals surface area contributed by atoms with Crippen LogP contribution < -0.4 is 20.4 Å². The van der Waals surface area contributed by atoms with Gasteiger partial charge in [-0.15, -0.1) is 0 Å². The molecule has 8 heteroatoms. The van der Waals surface area contributed by atoms with Gasteiger partial charge in [-0.1, -0.05) is 29.8 Å². The van der Waals surface area contributed by atoms with Gasteiger partial charge in [0.15, 0.2) is 5.82 Å². The third kappa shape index (κ3) is 6.91. The number of aromatic nitrogens is 1. The number of pyridine rings is 1. The molecule has 0 unspecified atom stereocenters. The zero-order valence-electron chi connectivity index (χ0n) is 18.8. The van der Waals surface area contributed by atoms with Crippen LogP contribution in [0.15, 0.2) is 41.5 Å². The van der Waals surface area contributed by atoms with Gasteiger partial charge in [-0.05, 0) is 25.3 Å². The molecule has 0 radical (unpaired) electrons. The van der Waals surface area contributed by atoms with Crippen LogP contribution in [0.1, 0.15) is 24.0 Å². The Morgan fingerprint density at radius 2 is 1.94 bits per heavy atom. The Labute approximate surface area is 190 Å². The highest BCUT2D eigenvalue weighted by molar-refractivity contribution is 5.80. The van der Waals surface area contributed by atoms with E-state index < -0.39 is 0 Å². The molecule has 1 aromatic heterocycles. The molecule has 2 saturated heterocycles. The van der Waals surface area contributed by atoms with Gasteiger partial charge in [0.05, 0.1) is 19.4 Å². The maximum atomic E-state index is 5.99. The number of hydrazone groups is 1. The third-order valence-electron chi connectivity index (χ3n) is 5.60. The van der Waals surface area contributed by atoms with E-state index in [2.05, 4.69) is 44.8 Å². The monoisotopic (exact) mass is 439 g/mol. The molecule has 0 bridgehead atoms. The molecule has 0 aliphatic carbocycles. The minimum absolute atomic E-state index is 0.508. The van der Waals surface area contributed by atoms with Crippen LogP contribution in [0.4, 0.5) is 11.5 Å². The summed E-state index contributed by atoms with van der Waals surface area (Å²) in [6.07, 6.45) is 3.91. The SMILES string of the molecule is Cc1cccc(/C=N/Nc2cc(N3CCOCC3)cc(OCCNC3CCOCC3)n2)c1. The molecule has 0 spiro atoms. The molecular weight excluding hydrogens is 406 g/mol. The zero-order valence-corrected chi connectivity index (χ0v) is 18.8. The maximum Gasteiger partial charge on any atom is 0.217 e. The highest BCUT2D eigenvalue weighted by Crippen LogP contribution is 2.25. The number of anilines is 2. The third-order valence-corrected chi connectivity index (χ3v) is 5.60. The summed E-state index contributed by atoms with van der Waals surface area (Å²) in [6.45, 7) is 8.22. The minimum Gasteiger partial charge on any atom is -0.476 e. The number of rotatable bonds is 9. The zero-order chi connectivity index (χ0) is 22.0. The van der Waals surface area contributed by atoms with Gasteiger partial charge in [-0.3, -0.25) is 5.43 Å². The number of benzene rings is 1. The fourth-order valence-corrected chi connectivity index (χ4v) is 3.87. The second-order valence-corrected chi connectivity index (χ2v) is 8.12. The van der Waals surface area contributed by atoms with Crippen LogP contribution in [0, 0.1) is 6.92 Å². The summed E-state index contributed by atoms with van der Waals surface area (Å²) in [5, 5.41) is 7.92. The maximum absolute atomic E-state index is 5.99. The van der Waals surface area contributed by atoms with Crippen LogP contribution >= 0.6 is 0 Å². The number of aryl methyl sites for hydroxylation is 1. The summed E-state index contributed by atoms with van der Waals surface area (Å²) in [6, 6.07) is 12.7. The van der Waals surface area contributed by atoms with E-state index in [1.54, 1.807) is 6.21 Å². The minimum atomic E-state index is 0.508. The van der Waals surface area contributed by atoms with Crippen LogP contribution in [-0.4, -0.2) is 69.9 Å². The number of nitrogens with one attached hydrogen (secondary N) is 2. The smallest absolute Gasteiger partial charge is 0.217 e. The predicted octanol–water partition coefficient (Wildman–Crippen LogP) is 2.82. The average Bonchev–Trinajstić information content (AvgIpc) is 2.83. The molecule has 32 heavy (non-hydrogen) atoms. The van der Waals surface area contributed by atoms with Crippen LogP contribution in [0.25, 0.3) is 0 Å². The van der Waals surface area contributed by atoms with Crippen molar-refractivity contribution in [1.82, 2.24) is 10.3 Å². The Bertz CT molecular complexity index is 880. The standard InChI is InChI=1S/C24H33N5O3/c1-19-3-2-4-20(15-19)18-26-28-23-16-22(29-8-13-31-14-9-29)17-24(27-23)32-12-7-25-21-5-10-30-11-6-21/h2-4,15-18,21,25H,5-14H2,1H3,(H,27,28)/b26-18+. The quantitative estimate of drug-likeness (QED) is 0.353. The number of ether oxygens (including phenoxy) is 3. The Morgan fingerprint density at radius 3 is 2.75 bits per heavy atom. The topological polar surface area (TPSA) is 80.2 Å². The number of hydrogen-bond acceptors (Lipinski definition) is 8. The van der Waals surface area contributed by atoms with Crippen molar-refractivity contribution < 1.29 is 14.2 Å². The summed E-state index contributed by atoms with van der Waals surface area (Å²) in [5.41, 5.74) is 6.36. The highest BCUT2D eigenvalue weighted by atomic mass is 16.5. The van der Waals surface area contributed by atoms with Crippen molar-refractivity contribution in [2.24, 2.45) is 5.10 Å². The lowest BCUT2D eigenvalue weighted by Crippen LogP contribution is -2.37. The van der Waals surface area contributed by atoms with E-state index in [0.717, 1.165) is 70.2 Å². The molecular formula is C24H33N5O3. The average molecular weight is 440 g/mol. The van der Waals surface area contributed by atoms with Gasteiger partial charge in [0.25, 0.3) is 0 Å². The summed E-state index contributed by atoms with van der Waals surface area (Å²) in [7, 11) is 0. The van der Waals surface area contributed by atoms with Crippen LogP contribution in [0.5, 0.6) is 5.88 Å². The summed E-state index contributed by atoms with van der Waals surface area (Å²) in [4.78, 5) is 6.89. The van der Waals surface area contributed by atoms with E-state index in [0.29, 0.717) is 24.3 Å². The van der Waals surface area contributed by atoms with Crippen molar-refractivity contribution in [2.75, 3.05) is 63.0 Å². The van der Waals surface area contributed by atoms with Gasteiger partial charge in [-0.2, -0.15) is 10.1 Å². The van der Waals surface area contributed by atoms with E-state index >= 15 is 0 Å². The molecule has 2 aliphatic rings. The van der Waals surface area contributed by atoms with Crippen molar-refractivity contribution in [1.29, 1.82) is 0 Å².